The van der Waals surface area contributed by atoms with Crippen LogP contribution >= 0.6 is 11.6 Å². The molecule has 3 heterocycles. The second-order valence-corrected chi connectivity index (χ2v) is 8.39. The molecule has 2 fully saturated rings. The van der Waals surface area contributed by atoms with Gasteiger partial charge in [0.15, 0.2) is 5.96 Å². The number of carbonyl (C=O) groups is 1. The van der Waals surface area contributed by atoms with Gasteiger partial charge in [-0.05, 0) is 44.2 Å². The summed E-state index contributed by atoms with van der Waals surface area (Å²) in [5.74, 6) is 2.43. The summed E-state index contributed by atoms with van der Waals surface area (Å²) in [6, 6.07) is 3.99. The predicted molar refractivity (Wildman–Crippen MR) is 119 cm³/mol. The molecule has 1 amide bonds. The van der Waals surface area contributed by atoms with Gasteiger partial charge in [-0.25, -0.2) is 4.98 Å². The topological polar surface area (TPSA) is 72.9 Å². The van der Waals surface area contributed by atoms with Gasteiger partial charge in [0, 0.05) is 51.4 Å². The van der Waals surface area contributed by atoms with Crippen molar-refractivity contribution < 1.29 is 4.79 Å². The van der Waals surface area contributed by atoms with E-state index < -0.39 is 0 Å². The molecule has 0 radical (unpaired) electrons. The number of rotatable bonds is 6. The molecule has 3 rings (SSSR count). The SMILES string of the molecule is CCNC(=NCCC(=O)N1CCCC(C)C1)NC1CCN(c2ncccc2Cl)C1. The number of hydrogen-bond acceptors (Lipinski definition) is 4. The standard InChI is InChI=1S/C21H33ClN6O/c1-3-23-21(25-11-8-19(29)27-12-5-6-16(2)14-27)26-17-9-13-28(15-17)20-18(22)7-4-10-24-20/h4,7,10,16-17H,3,5-6,8-9,11-15H2,1-2H3,(H2,23,25,26). The number of guanidine groups is 1. The third kappa shape index (κ3) is 6.23. The van der Waals surface area contributed by atoms with Crippen molar-refractivity contribution in [2.24, 2.45) is 10.9 Å². The number of piperidine rings is 1. The molecule has 0 bridgehead atoms. The van der Waals surface area contributed by atoms with Crippen molar-refractivity contribution in [2.75, 3.05) is 44.2 Å². The fourth-order valence-corrected chi connectivity index (χ4v) is 4.27. The Morgan fingerprint density at radius 3 is 2.97 bits per heavy atom. The molecule has 7 nitrogen and oxygen atoms in total. The summed E-state index contributed by atoms with van der Waals surface area (Å²) in [5.41, 5.74) is 0. The number of aliphatic imine (C=N–C) groups is 1. The average molecular weight is 421 g/mol. The minimum Gasteiger partial charge on any atom is -0.357 e. The Hall–Kier alpha value is -2.02. The van der Waals surface area contributed by atoms with Crippen LogP contribution in [0, 0.1) is 5.92 Å². The van der Waals surface area contributed by atoms with Gasteiger partial charge in [0.05, 0.1) is 11.6 Å². The number of hydrogen-bond donors (Lipinski definition) is 2. The van der Waals surface area contributed by atoms with E-state index >= 15 is 0 Å². The van der Waals surface area contributed by atoms with E-state index in [9.17, 15) is 4.79 Å². The molecule has 2 unspecified atom stereocenters. The third-order valence-electron chi connectivity index (χ3n) is 5.52. The summed E-state index contributed by atoms with van der Waals surface area (Å²) in [6.45, 7) is 9.05. The zero-order valence-corrected chi connectivity index (χ0v) is 18.3. The Bertz CT molecular complexity index is 712. The van der Waals surface area contributed by atoms with Crippen molar-refractivity contribution >= 4 is 29.3 Å². The lowest BCUT2D eigenvalue weighted by atomic mass is 10.00. The van der Waals surface area contributed by atoms with Crippen molar-refractivity contribution in [2.45, 2.75) is 45.6 Å². The molecule has 160 valence electrons. The Morgan fingerprint density at radius 2 is 2.21 bits per heavy atom. The predicted octanol–water partition coefficient (Wildman–Crippen LogP) is 2.52. The fourth-order valence-electron chi connectivity index (χ4n) is 4.03. The fraction of sp³-hybridized carbons (Fsp3) is 0.667. The van der Waals surface area contributed by atoms with Crippen molar-refractivity contribution in [1.29, 1.82) is 0 Å². The molecule has 29 heavy (non-hydrogen) atoms. The third-order valence-corrected chi connectivity index (χ3v) is 5.81. The molecule has 2 aliphatic rings. The second-order valence-electron chi connectivity index (χ2n) is 7.98. The number of likely N-dealkylation sites (tertiary alicyclic amines) is 1. The number of anilines is 1. The minimum absolute atomic E-state index is 0.216. The van der Waals surface area contributed by atoms with E-state index in [0.29, 0.717) is 23.9 Å². The van der Waals surface area contributed by atoms with Crippen LogP contribution in [-0.2, 0) is 4.79 Å². The summed E-state index contributed by atoms with van der Waals surface area (Å²) in [5, 5.41) is 7.47. The van der Waals surface area contributed by atoms with Crippen molar-refractivity contribution in [3.05, 3.63) is 23.4 Å². The van der Waals surface area contributed by atoms with Crippen molar-refractivity contribution in [1.82, 2.24) is 20.5 Å². The Balaban J connectivity index is 1.49. The highest BCUT2D eigenvalue weighted by molar-refractivity contribution is 6.32. The lowest BCUT2D eigenvalue weighted by molar-refractivity contribution is -0.132. The number of nitrogens with zero attached hydrogens (tertiary/aromatic N) is 4. The second kappa shape index (κ2) is 10.7. The van der Waals surface area contributed by atoms with Crippen LogP contribution in [0.4, 0.5) is 5.82 Å². The number of halogens is 1. The van der Waals surface area contributed by atoms with Gasteiger partial charge in [0.1, 0.15) is 5.82 Å². The highest BCUT2D eigenvalue weighted by Gasteiger charge is 2.25. The van der Waals surface area contributed by atoms with E-state index in [1.807, 2.05) is 24.0 Å². The highest BCUT2D eigenvalue weighted by atomic mass is 35.5. The van der Waals surface area contributed by atoms with Gasteiger partial charge >= 0.3 is 0 Å². The van der Waals surface area contributed by atoms with E-state index in [1.54, 1.807) is 6.20 Å². The molecule has 1 aromatic heterocycles. The highest BCUT2D eigenvalue weighted by Crippen LogP contribution is 2.25. The molecule has 2 aliphatic heterocycles. The first kappa shape index (κ1) is 21.7. The van der Waals surface area contributed by atoms with E-state index in [0.717, 1.165) is 57.3 Å². The number of nitrogens with one attached hydrogen (secondary N) is 2. The first-order valence-corrected chi connectivity index (χ1v) is 11.1. The smallest absolute Gasteiger partial charge is 0.224 e. The van der Waals surface area contributed by atoms with E-state index in [-0.39, 0.29) is 11.9 Å². The molecule has 2 saturated heterocycles. The zero-order valence-electron chi connectivity index (χ0n) is 17.5. The Morgan fingerprint density at radius 1 is 1.34 bits per heavy atom. The molecule has 2 atom stereocenters. The number of aromatic nitrogens is 1. The van der Waals surface area contributed by atoms with Gasteiger partial charge in [0.25, 0.3) is 0 Å². The summed E-state index contributed by atoms with van der Waals surface area (Å²) >= 11 is 6.28. The van der Waals surface area contributed by atoms with Crippen molar-refractivity contribution in [3.63, 3.8) is 0 Å². The quantitative estimate of drug-likeness (QED) is 0.546. The lowest BCUT2D eigenvalue weighted by Crippen LogP contribution is -2.45. The molecule has 0 spiro atoms. The van der Waals surface area contributed by atoms with Gasteiger partial charge in [-0.15, -0.1) is 0 Å². The maximum absolute atomic E-state index is 12.4. The van der Waals surface area contributed by atoms with E-state index in [2.05, 4.69) is 32.4 Å². The van der Waals surface area contributed by atoms with Crippen LogP contribution in [0.15, 0.2) is 23.3 Å². The van der Waals surface area contributed by atoms with Gasteiger partial charge in [-0.3, -0.25) is 9.79 Å². The average Bonchev–Trinajstić information content (AvgIpc) is 3.16. The van der Waals surface area contributed by atoms with Gasteiger partial charge in [-0.1, -0.05) is 18.5 Å². The largest absolute Gasteiger partial charge is 0.357 e. The summed E-state index contributed by atoms with van der Waals surface area (Å²) in [7, 11) is 0. The first-order chi connectivity index (χ1) is 14.1. The maximum Gasteiger partial charge on any atom is 0.224 e. The molecular formula is C21H33ClN6O. The van der Waals surface area contributed by atoms with Crippen LogP contribution in [0.1, 0.15) is 39.5 Å². The molecular weight excluding hydrogens is 388 g/mol. The van der Waals surface area contributed by atoms with E-state index in [1.165, 1.54) is 6.42 Å². The molecule has 0 aliphatic carbocycles. The molecule has 0 saturated carbocycles. The molecule has 0 aromatic carbocycles. The first-order valence-electron chi connectivity index (χ1n) is 10.7. The Labute approximate surface area is 178 Å². The summed E-state index contributed by atoms with van der Waals surface area (Å²) in [6.07, 6.45) is 5.55. The normalized spacial score (nSPS) is 22.7. The van der Waals surface area contributed by atoms with Crippen LogP contribution in [-0.4, -0.2) is 67.1 Å². The van der Waals surface area contributed by atoms with Crippen LogP contribution in [0.5, 0.6) is 0 Å². The van der Waals surface area contributed by atoms with Crippen molar-refractivity contribution in [3.8, 4) is 0 Å². The van der Waals surface area contributed by atoms with Crippen LogP contribution in [0.3, 0.4) is 0 Å². The molecule has 8 heteroatoms. The number of amides is 1. The molecule has 1 aromatic rings. The number of pyridine rings is 1. The van der Waals surface area contributed by atoms with Crippen LogP contribution in [0.2, 0.25) is 5.02 Å². The van der Waals surface area contributed by atoms with Crippen LogP contribution in [0.25, 0.3) is 0 Å². The minimum atomic E-state index is 0.216. The molecule has 2 N–H and O–H groups in total. The zero-order chi connectivity index (χ0) is 20.6. The van der Waals surface area contributed by atoms with Crippen LogP contribution < -0.4 is 15.5 Å². The van der Waals surface area contributed by atoms with Gasteiger partial charge in [-0.2, -0.15) is 0 Å². The van der Waals surface area contributed by atoms with Gasteiger partial charge < -0.3 is 20.4 Å². The summed E-state index contributed by atoms with van der Waals surface area (Å²) in [4.78, 5) is 25.7. The Kier molecular flexibility index (Phi) is 7.98. The number of carbonyl (C=O) groups excluding carboxylic acids is 1. The van der Waals surface area contributed by atoms with Gasteiger partial charge in [0.2, 0.25) is 5.91 Å². The monoisotopic (exact) mass is 420 g/mol. The van der Waals surface area contributed by atoms with E-state index in [4.69, 9.17) is 11.6 Å². The maximum atomic E-state index is 12.4. The summed E-state index contributed by atoms with van der Waals surface area (Å²) < 4.78 is 0. The lowest BCUT2D eigenvalue weighted by Gasteiger charge is -2.30.